The highest BCUT2D eigenvalue weighted by molar-refractivity contribution is 5.34. The van der Waals surface area contributed by atoms with Gasteiger partial charge in [0.15, 0.2) is 0 Å². The maximum Gasteiger partial charge on any atom is 0.0543 e. The lowest BCUT2D eigenvalue weighted by atomic mass is 9.90. The summed E-state index contributed by atoms with van der Waals surface area (Å²) < 4.78 is 2.04. The minimum absolute atomic E-state index is 0.0487. The van der Waals surface area contributed by atoms with Gasteiger partial charge >= 0.3 is 0 Å². The van der Waals surface area contributed by atoms with Gasteiger partial charge in [-0.05, 0) is 38.2 Å². The van der Waals surface area contributed by atoms with Gasteiger partial charge in [0.1, 0.15) is 0 Å². The second-order valence-electron chi connectivity index (χ2n) is 6.69. The van der Waals surface area contributed by atoms with Gasteiger partial charge in [-0.15, -0.1) is 0 Å². The Morgan fingerprint density at radius 3 is 2.31 bits per heavy atom. The number of hydrogen-bond donors (Lipinski definition) is 1. The van der Waals surface area contributed by atoms with E-state index in [4.69, 9.17) is 5.73 Å². The van der Waals surface area contributed by atoms with Crippen LogP contribution in [-0.2, 0) is 11.0 Å². The highest BCUT2D eigenvalue weighted by Crippen LogP contribution is 2.63. The average Bonchev–Trinajstić information content (AvgIpc) is 2.59. The molecule has 0 amide bonds. The first kappa shape index (κ1) is 11.6. The number of hydrogen-bond acceptors (Lipinski definition) is 2. The molecular formula is C13H23N3. The van der Waals surface area contributed by atoms with Crippen molar-refractivity contribution in [2.75, 3.05) is 6.54 Å². The highest BCUT2D eigenvalue weighted by atomic mass is 15.3. The molecular weight excluding hydrogens is 198 g/mol. The lowest BCUT2D eigenvalue weighted by molar-refractivity contribution is 0.354. The van der Waals surface area contributed by atoms with E-state index in [9.17, 15) is 0 Å². The topological polar surface area (TPSA) is 43.8 Å². The maximum absolute atomic E-state index is 5.96. The molecule has 2 N–H and O–H groups in total. The Morgan fingerprint density at radius 1 is 1.44 bits per heavy atom. The summed E-state index contributed by atoms with van der Waals surface area (Å²) in [5.74, 6) is 0. The van der Waals surface area contributed by atoms with E-state index in [1.807, 2.05) is 10.9 Å². The van der Waals surface area contributed by atoms with Crippen molar-refractivity contribution in [3.8, 4) is 0 Å². The predicted octanol–water partition coefficient (Wildman–Crippen LogP) is 2.26. The molecule has 1 saturated carbocycles. The summed E-state index contributed by atoms with van der Waals surface area (Å²) in [4.78, 5) is 0. The van der Waals surface area contributed by atoms with Crippen LogP contribution < -0.4 is 5.73 Å². The molecule has 3 nitrogen and oxygen atoms in total. The summed E-state index contributed by atoms with van der Waals surface area (Å²) in [6, 6.07) is 0. The van der Waals surface area contributed by atoms with Crippen LogP contribution in [0.2, 0.25) is 0 Å². The van der Waals surface area contributed by atoms with Gasteiger partial charge in [0, 0.05) is 18.2 Å². The summed E-state index contributed by atoms with van der Waals surface area (Å²) in [6.07, 6.45) is 5.33. The third kappa shape index (κ3) is 1.49. The van der Waals surface area contributed by atoms with Crippen molar-refractivity contribution in [1.82, 2.24) is 9.78 Å². The SMILES string of the molecule is CC(C)(C)n1cc(C2(CN)CC2(C)C)cn1. The first-order chi connectivity index (χ1) is 7.23. The van der Waals surface area contributed by atoms with Crippen LogP contribution in [0.15, 0.2) is 12.4 Å². The summed E-state index contributed by atoms with van der Waals surface area (Å²) in [5, 5.41) is 4.47. The molecule has 0 aromatic carbocycles. The van der Waals surface area contributed by atoms with Crippen LogP contribution in [0.4, 0.5) is 0 Å². The van der Waals surface area contributed by atoms with Crippen LogP contribution in [0.3, 0.4) is 0 Å². The maximum atomic E-state index is 5.96. The molecule has 1 atom stereocenters. The Balaban J connectivity index is 2.33. The highest BCUT2D eigenvalue weighted by Gasteiger charge is 2.61. The lowest BCUT2D eigenvalue weighted by Crippen LogP contribution is -2.25. The van der Waals surface area contributed by atoms with Crippen LogP contribution in [0.5, 0.6) is 0 Å². The van der Waals surface area contributed by atoms with Gasteiger partial charge < -0.3 is 5.73 Å². The zero-order chi connectivity index (χ0) is 12.2. The van der Waals surface area contributed by atoms with E-state index in [0.717, 1.165) is 6.54 Å². The molecule has 16 heavy (non-hydrogen) atoms. The molecule has 1 aromatic heterocycles. The number of nitrogens with two attached hydrogens (primary N) is 1. The monoisotopic (exact) mass is 221 g/mol. The molecule has 1 aliphatic carbocycles. The van der Waals surface area contributed by atoms with Crippen molar-refractivity contribution in [1.29, 1.82) is 0 Å². The minimum Gasteiger partial charge on any atom is -0.330 e. The molecule has 1 aromatic rings. The van der Waals surface area contributed by atoms with Crippen molar-refractivity contribution >= 4 is 0 Å². The van der Waals surface area contributed by atoms with Gasteiger partial charge in [-0.1, -0.05) is 13.8 Å². The molecule has 0 radical (unpaired) electrons. The third-order valence-corrected chi connectivity index (χ3v) is 4.09. The molecule has 0 bridgehead atoms. The van der Waals surface area contributed by atoms with Gasteiger partial charge in [-0.25, -0.2) is 0 Å². The van der Waals surface area contributed by atoms with E-state index in [1.54, 1.807) is 0 Å². The standard InChI is InChI=1S/C13H23N3/c1-11(2,3)16-7-10(6-15-16)13(9-14)8-12(13,4)5/h6-7H,8-9,14H2,1-5H3. The van der Waals surface area contributed by atoms with Crippen LogP contribution >= 0.6 is 0 Å². The second kappa shape index (κ2) is 3.10. The first-order valence-corrected chi connectivity index (χ1v) is 5.99. The van der Waals surface area contributed by atoms with E-state index in [-0.39, 0.29) is 11.0 Å². The van der Waals surface area contributed by atoms with Crippen LogP contribution in [0, 0.1) is 5.41 Å². The molecule has 3 heteroatoms. The lowest BCUT2D eigenvalue weighted by Gasteiger charge is -2.20. The van der Waals surface area contributed by atoms with Crippen molar-refractivity contribution in [2.24, 2.45) is 11.1 Å². The zero-order valence-electron chi connectivity index (χ0n) is 11.0. The molecule has 1 unspecified atom stereocenters. The molecule has 0 saturated heterocycles. The molecule has 0 aliphatic heterocycles. The fourth-order valence-electron chi connectivity index (χ4n) is 2.61. The Labute approximate surface area is 98.0 Å². The number of nitrogens with zero attached hydrogens (tertiary/aromatic N) is 2. The summed E-state index contributed by atoms with van der Waals surface area (Å²) in [5.41, 5.74) is 7.80. The third-order valence-electron chi connectivity index (χ3n) is 4.09. The number of rotatable bonds is 2. The minimum atomic E-state index is 0.0487. The molecule has 90 valence electrons. The fraction of sp³-hybridized carbons (Fsp3) is 0.769. The zero-order valence-corrected chi connectivity index (χ0v) is 11.0. The molecule has 1 fully saturated rings. The molecule has 1 heterocycles. The van der Waals surface area contributed by atoms with E-state index >= 15 is 0 Å². The first-order valence-electron chi connectivity index (χ1n) is 5.99. The van der Waals surface area contributed by atoms with Crippen LogP contribution in [0.25, 0.3) is 0 Å². The van der Waals surface area contributed by atoms with E-state index < -0.39 is 0 Å². The van der Waals surface area contributed by atoms with Gasteiger partial charge in [-0.3, -0.25) is 4.68 Å². The smallest absolute Gasteiger partial charge is 0.0543 e. The molecule has 1 aliphatic rings. The Kier molecular flexibility index (Phi) is 2.26. The van der Waals surface area contributed by atoms with Gasteiger partial charge in [0.2, 0.25) is 0 Å². The van der Waals surface area contributed by atoms with E-state index in [0.29, 0.717) is 5.41 Å². The van der Waals surface area contributed by atoms with Crippen molar-refractivity contribution < 1.29 is 0 Å². The van der Waals surface area contributed by atoms with Crippen molar-refractivity contribution in [3.63, 3.8) is 0 Å². The van der Waals surface area contributed by atoms with Gasteiger partial charge in [0.05, 0.1) is 11.7 Å². The van der Waals surface area contributed by atoms with E-state index in [2.05, 4.69) is 45.9 Å². The average molecular weight is 221 g/mol. The van der Waals surface area contributed by atoms with Gasteiger partial charge in [0.25, 0.3) is 0 Å². The van der Waals surface area contributed by atoms with Gasteiger partial charge in [-0.2, -0.15) is 5.10 Å². The quantitative estimate of drug-likeness (QED) is 0.832. The Morgan fingerprint density at radius 2 is 2.00 bits per heavy atom. The predicted molar refractivity (Wildman–Crippen MR) is 66.4 cm³/mol. The number of aromatic nitrogens is 2. The summed E-state index contributed by atoms with van der Waals surface area (Å²) in [7, 11) is 0. The molecule has 0 spiro atoms. The Bertz CT molecular complexity index is 398. The largest absolute Gasteiger partial charge is 0.330 e. The molecule has 2 rings (SSSR count). The normalized spacial score (nSPS) is 28.1. The second-order valence-corrected chi connectivity index (χ2v) is 6.69. The summed E-state index contributed by atoms with van der Waals surface area (Å²) in [6.45, 7) is 11.8. The fourth-order valence-corrected chi connectivity index (χ4v) is 2.61. The van der Waals surface area contributed by atoms with E-state index in [1.165, 1.54) is 12.0 Å². The van der Waals surface area contributed by atoms with Crippen LogP contribution in [0.1, 0.15) is 46.6 Å². The van der Waals surface area contributed by atoms with Crippen molar-refractivity contribution in [3.05, 3.63) is 18.0 Å². The Hall–Kier alpha value is -0.830. The summed E-state index contributed by atoms with van der Waals surface area (Å²) >= 11 is 0. The van der Waals surface area contributed by atoms with Crippen LogP contribution in [-0.4, -0.2) is 16.3 Å². The van der Waals surface area contributed by atoms with Crippen molar-refractivity contribution in [2.45, 2.75) is 52.0 Å².